The molecule has 0 aliphatic carbocycles. The van der Waals surface area contributed by atoms with Gasteiger partial charge in [-0.25, -0.2) is 14.4 Å². The van der Waals surface area contributed by atoms with Gasteiger partial charge in [-0.05, 0) is 35.0 Å². The zero-order valence-corrected chi connectivity index (χ0v) is 12.8. The third-order valence-electron chi connectivity index (χ3n) is 2.70. The van der Waals surface area contributed by atoms with Crippen LogP contribution >= 0.6 is 27.5 Å². The first-order valence-corrected chi connectivity index (χ1v) is 6.83. The topological polar surface area (TPSA) is 37.8 Å². The molecule has 0 atom stereocenters. The van der Waals surface area contributed by atoms with E-state index in [0.29, 0.717) is 22.2 Å². The highest BCUT2D eigenvalue weighted by Crippen LogP contribution is 2.25. The van der Waals surface area contributed by atoms with Crippen molar-refractivity contribution in [2.75, 3.05) is 12.4 Å². The van der Waals surface area contributed by atoms with Gasteiger partial charge in [0.2, 0.25) is 0 Å². The molecule has 6 heteroatoms. The lowest BCUT2D eigenvalue weighted by atomic mass is 10.1. The number of aryl methyl sites for hydroxylation is 1. The smallest absolute Gasteiger partial charge is 0.144 e. The summed E-state index contributed by atoms with van der Waals surface area (Å²) in [5, 5.41) is 3.35. The molecule has 3 nitrogen and oxygen atoms in total. The minimum Gasteiger partial charge on any atom is -0.372 e. The maximum absolute atomic E-state index is 13.7. The molecule has 1 heterocycles. The van der Waals surface area contributed by atoms with Crippen LogP contribution in [0.3, 0.4) is 0 Å². The Bertz CT molecular complexity index is 599. The summed E-state index contributed by atoms with van der Waals surface area (Å²) in [4.78, 5) is 8.67. The van der Waals surface area contributed by atoms with Gasteiger partial charge in [0.15, 0.2) is 0 Å². The fourth-order valence-electron chi connectivity index (χ4n) is 1.72. The van der Waals surface area contributed by atoms with Crippen molar-refractivity contribution in [1.29, 1.82) is 0 Å². The van der Waals surface area contributed by atoms with E-state index in [-0.39, 0.29) is 12.2 Å². The summed E-state index contributed by atoms with van der Waals surface area (Å²) in [6.45, 7) is 1.86. The van der Waals surface area contributed by atoms with Crippen LogP contribution in [0, 0.1) is 12.7 Å². The Labute approximate surface area is 124 Å². The Morgan fingerprint density at radius 2 is 2.11 bits per heavy atom. The number of rotatable bonds is 3. The number of nitrogens with zero attached hydrogens (tertiary/aromatic N) is 2. The Morgan fingerprint density at radius 1 is 1.37 bits per heavy atom. The summed E-state index contributed by atoms with van der Waals surface area (Å²) in [6.07, 6.45) is 0.258. The van der Waals surface area contributed by atoms with Crippen molar-refractivity contribution >= 4 is 33.3 Å². The number of hydrogen-bond donors (Lipinski definition) is 1. The Balaban J connectivity index is 2.41. The number of nitrogens with one attached hydrogen (secondary N) is 1. The second kappa shape index (κ2) is 5.84. The van der Waals surface area contributed by atoms with Crippen molar-refractivity contribution < 1.29 is 4.39 Å². The predicted molar refractivity (Wildman–Crippen MR) is 78.2 cm³/mol. The summed E-state index contributed by atoms with van der Waals surface area (Å²) in [5.41, 5.74) is 1.20. The van der Waals surface area contributed by atoms with Crippen molar-refractivity contribution in [1.82, 2.24) is 9.97 Å². The molecule has 2 rings (SSSR count). The van der Waals surface area contributed by atoms with E-state index in [4.69, 9.17) is 11.6 Å². The van der Waals surface area contributed by atoms with Gasteiger partial charge in [0.1, 0.15) is 17.5 Å². The van der Waals surface area contributed by atoms with Crippen molar-refractivity contribution in [2.24, 2.45) is 0 Å². The van der Waals surface area contributed by atoms with Crippen molar-refractivity contribution in [2.45, 2.75) is 13.3 Å². The van der Waals surface area contributed by atoms with E-state index >= 15 is 0 Å². The van der Waals surface area contributed by atoms with Crippen LogP contribution in [0.15, 0.2) is 22.7 Å². The molecule has 19 heavy (non-hydrogen) atoms. The second-order valence-corrected chi connectivity index (χ2v) is 5.22. The number of aromatic nitrogens is 2. The van der Waals surface area contributed by atoms with Crippen LogP contribution in [0.2, 0.25) is 5.02 Å². The first-order valence-electron chi connectivity index (χ1n) is 5.66. The number of halogens is 3. The van der Waals surface area contributed by atoms with Gasteiger partial charge in [0.25, 0.3) is 0 Å². The molecular formula is C13H12BrClFN3. The quantitative estimate of drug-likeness (QED) is 0.915. The lowest BCUT2D eigenvalue weighted by Crippen LogP contribution is -2.05. The monoisotopic (exact) mass is 343 g/mol. The predicted octanol–water partition coefficient (Wildman–Crippen LogP) is 3.97. The van der Waals surface area contributed by atoms with Gasteiger partial charge in [-0.2, -0.15) is 0 Å². The molecule has 0 aliphatic rings. The molecule has 0 amide bonds. The molecule has 0 fully saturated rings. The van der Waals surface area contributed by atoms with Crippen LogP contribution in [0.4, 0.5) is 10.2 Å². The zero-order chi connectivity index (χ0) is 14.0. The molecule has 0 bridgehead atoms. The largest absolute Gasteiger partial charge is 0.372 e. The SMILES string of the molecule is CNc1nc(Cc2c(F)cccc2Cl)nc(C)c1Br. The van der Waals surface area contributed by atoms with Gasteiger partial charge in [-0.15, -0.1) is 0 Å². The Hall–Kier alpha value is -1.20. The summed E-state index contributed by atoms with van der Waals surface area (Å²) in [7, 11) is 1.77. The standard InChI is InChI=1S/C13H12BrClFN3/c1-7-12(14)13(17-2)19-11(18-7)6-8-9(15)4-3-5-10(8)16/h3-5H,6H2,1-2H3,(H,17,18,19). The maximum Gasteiger partial charge on any atom is 0.144 e. The summed E-state index contributed by atoms with van der Waals surface area (Å²) < 4.78 is 14.5. The lowest BCUT2D eigenvalue weighted by Gasteiger charge is -2.10. The Kier molecular flexibility index (Phi) is 4.37. The van der Waals surface area contributed by atoms with Gasteiger partial charge in [0, 0.05) is 24.1 Å². The normalized spacial score (nSPS) is 10.6. The van der Waals surface area contributed by atoms with E-state index in [0.717, 1.165) is 10.2 Å². The van der Waals surface area contributed by atoms with E-state index in [1.807, 2.05) is 6.92 Å². The number of anilines is 1. The third kappa shape index (κ3) is 3.04. The Morgan fingerprint density at radius 3 is 2.74 bits per heavy atom. The first-order chi connectivity index (χ1) is 9.02. The van der Waals surface area contributed by atoms with E-state index in [1.54, 1.807) is 19.2 Å². The molecule has 0 saturated carbocycles. The molecule has 2 aromatic rings. The number of hydrogen-bond acceptors (Lipinski definition) is 3. The molecular weight excluding hydrogens is 333 g/mol. The van der Waals surface area contributed by atoms with E-state index in [2.05, 4.69) is 31.2 Å². The molecule has 0 aliphatic heterocycles. The van der Waals surface area contributed by atoms with Gasteiger partial charge in [-0.3, -0.25) is 0 Å². The fourth-order valence-corrected chi connectivity index (χ4v) is 2.33. The van der Waals surface area contributed by atoms with Gasteiger partial charge in [-0.1, -0.05) is 17.7 Å². The van der Waals surface area contributed by atoms with Gasteiger partial charge >= 0.3 is 0 Å². The van der Waals surface area contributed by atoms with E-state index in [1.165, 1.54) is 6.07 Å². The van der Waals surface area contributed by atoms with Crippen LogP contribution < -0.4 is 5.32 Å². The third-order valence-corrected chi connectivity index (χ3v) is 4.00. The van der Waals surface area contributed by atoms with E-state index in [9.17, 15) is 4.39 Å². The van der Waals surface area contributed by atoms with Gasteiger partial charge < -0.3 is 5.32 Å². The average molecular weight is 345 g/mol. The molecule has 0 saturated heterocycles. The molecule has 1 aromatic heterocycles. The molecule has 100 valence electrons. The minimum atomic E-state index is -0.345. The van der Waals surface area contributed by atoms with Gasteiger partial charge in [0.05, 0.1) is 10.2 Å². The summed E-state index contributed by atoms with van der Waals surface area (Å²) in [6, 6.07) is 4.62. The lowest BCUT2D eigenvalue weighted by molar-refractivity contribution is 0.612. The highest BCUT2D eigenvalue weighted by molar-refractivity contribution is 9.10. The van der Waals surface area contributed by atoms with E-state index < -0.39 is 0 Å². The molecule has 1 aromatic carbocycles. The minimum absolute atomic E-state index is 0.258. The van der Waals surface area contributed by atoms with Crippen LogP contribution in [0.25, 0.3) is 0 Å². The van der Waals surface area contributed by atoms with Crippen LogP contribution in [-0.2, 0) is 6.42 Å². The highest BCUT2D eigenvalue weighted by atomic mass is 79.9. The second-order valence-electron chi connectivity index (χ2n) is 4.01. The molecule has 0 radical (unpaired) electrons. The summed E-state index contributed by atoms with van der Waals surface area (Å²) >= 11 is 9.40. The first kappa shape index (κ1) is 14.2. The molecule has 0 spiro atoms. The van der Waals surface area contributed by atoms with Crippen molar-refractivity contribution in [3.8, 4) is 0 Å². The van der Waals surface area contributed by atoms with Crippen molar-refractivity contribution in [3.63, 3.8) is 0 Å². The van der Waals surface area contributed by atoms with Crippen LogP contribution in [0.5, 0.6) is 0 Å². The molecule has 0 unspecified atom stereocenters. The summed E-state index contributed by atoms with van der Waals surface area (Å²) in [5.74, 6) is 0.856. The van der Waals surface area contributed by atoms with Crippen LogP contribution in [0.1, 0.15) is 17.1 Å². The van der Waals surface area contributed by atoms with Crippen molar-refractivity contribution in [3.05, 3.63) is 50.6 Å². The fraction of sp³-hybridized carbons (Fsp3) is 0.231. The zero-order valence-electron chi connectivity index (χ0n) is 10.5. The maximum atomic E-state index is 13.7. The highest BCUT2D eigenvalue weighted by Gasteiger charge is 2.13. The van der Waals surface area contributed by atoms with Crippen LogP contribution in [-0.4, -0.2) is 17.0 Å². The number of benzene rings is 1. The average Bonchev–Trinajstić information content (AvgIpc) is 2.38. The molecule has 1 N–H and O–H groups in total.